The maximum atomic E-state index is 14.1. The Morgan fingerprint density at radius 3 is 2.41 bits per heavy atom. The molecule has 4 aromatic rings. The zero-order chi connectivity index (χ0) is 24.4. The van der Waals surface area contributed by atoms with Crippen LogP contribution >= 0.6 is 35.4 Å². The zero-order valence-corrected chi connectivity index (χ0v) is 21.2. The van der Waals surface area contributed by atoms with Crippen LogP contribution in [0.3, 0.4) is 0 Å². The summed E-state index contributed by atoms with van der Waals surface area (Å²) in [4.78, 5) is 0. The van der Waals surface area contributed by atoms with Crippen molar-refractivity contribution < 1.29 is 4.39 Å². The molecule has 0 aliphatic rings. The van der Waals surface area contributed by atoms with Gasteiger partial charge in [0.05, 0.1) is 30.2 Å². The van der Waals surface area contributed by atoms with Gasteiger partial charge in [-0.25, -0.2) is 4.39 Å². The molecule has 2 aromatic heterocycles. The quantitative estimate of drug-likeness (QED) is 0.292. The molecule has 2 heterocycles. The lowest BCUT2D eigenvalue weighted by Gasteiger charge is -2.10. The molecule has 4 rings (SSSR count). The van der Waals surface area contributed by atoms with Gasteiger partial charge in [-0.2, -0.15) is 10.2 Å². The van der Waals surface area contributed by atoms with Gasteiger partial charge in [-0.1, -0.05) is 59.1 Å². The van der Waals surface area contributed by atoms with Crippen molar-refractivity contribution in [3.63, 3.8) is 0 Å². The standard InChI is InChI=1S/C24H23Cl2FN6S/c1-14-7-9-17(10-8-14)11-33-16(3)22(15(2)30-33)28-24(34)29-23-20(26)13-32(31-23)12-18-19(25)5-4-6-21(18)27/h4-10,13H,11-12H2,1-3H3,(H2,28,29,31,34). The molecule has 6 nitrogen and oxygen atoms in total. The predicted molar refractivity (Wildman–Crippen MR) is 140 cm³/mol. The smallest absolute Gasteiger partial charge is 0.176 e. The number of thiocarbonyl (C=S) groups is 1. The molecular weight excluding hydrogens is 494 g/mol. The Balaban J connectivity index is 1.45. The Kier molecular flexibility index (Phi) is 7.21. The molecule has 0 aliphatic carbocycles. The molecule has 0 saturated carbocycles. The average Bonchev–Trinajstić information content (AvgIpc) is 3.25. The third-order valence-corrected chi connectivity index (χ3v) is 6.24. The monoisotopic (exact) mass is 516 g/mol. The van der Waals surface area contributed by atoms with Gasteiger partial charge in [0.2, 0.25) is 0 Å². The normalized spacial score (nSPS) is 11.0. The fourth-order valence-corrected chi connectivity index (χ4v) is 4.18. The summed E-state index contributed by atoms with van der Waals surface area (Å²) in [6, 6.07) is 12.9. The molecular formula is C24H23Cl2FN6S. The van der Waals surface area contributed by atoms with E-state index in [0.29, 0.717) is 33.1 Å². The first-order valence-electron chi connectivity index (χ1n) is 10.5. The lowest BCUT2D eigenvalue weighted by molar-refractivity contribution is 0.586. The van der Waals surface area contributed by atoms with Gasteiger partial charge in [0, 0.05) is 16.8 Å². The van der Waals surface area contributed by atoms with Crippen LogP contribution in [-0.4, -0.2) is 24.7 Å². The summed E-state index contributed by atoms with van der Waals surface area (Å²) in [6.07, 6.45) is 1.59. The van der Waals surface area contributed by atoms with Crippen molar-refractivity contribution in [1.82, 2.24) is 19.6 Å². The van der Waals surface area contributed by atoms with E-state index < -0.39 is 5.82 Å². The molecule has 0 amide bonds. The van der Waals surface area contributed by atoms with E-state index >= 15 is 0 Å². The minimum atomic E-state index is -0.403. The van der Waals surface area contributed by atoms with Crippen LogP contribution in [0.4, 0.5) is 15.9 Å². The van der Waals surface area contributed by atoms with Gasteiger partial charge in [-0.15, -0.1) is 0 Å². The molecule has 2 N–H and O–H groups in total. The maximum absolute atomic E-state index is 14.1. The van der Waals surface area contributed by atoms with Crippen LogP contribution in [0.2, 0.25) is 10.0 Å². The minimum Gasteiger partial charge on any atom is -0.329 e. The highest BCUT2D eigenvalue weighted by Gasteiger charge is 2.16. The van der Waals surface area contributed by atoms with E-state index in [1.165, 1.54) is 16.3 Å². The van der Waals surface area contributed by atoms with E-state index in [1.54, 1.807) is 18.3 Å². The number of benzene rings is 2. The van der Waals surface area contributed by atoms with Gasteiger partial charge in [0.15, 0.2) is 10.9 Å². The van der Waals surface area contributed by atoms with Gasteiger partial charge in [-0.3, -0.25) is 9.36 Å². The molecule has 0 atom stereocenters. The number of aryl methyl sites for hydroxylation is 2. The summed E-state index contributed by atoms with van der Waals surface area (Å²) < 4.78 is 17.6. The Hall–Kier alpha value is -2.94. The van der Waals surface area contributed by atoms with Crippen molar-refractivity contribution >= 4 is 52.0 Å². The number of hydrogen-bond acceptors (Lipinski definition) is 3. The van der Waals surface area contributed by atoms with Crippen molar-refractivity contribution in [1.29, 1.82) is 0 Å². The molecule has 34 heavy (non-hydrogen) atoms. The predicted octanol–water partition coefficient (Wildman–Crippen LogP) is 6.36. The highest BCUT2D eigenvalue weighted by atomic mass is 35.5. The van der Waals surface area contributed by atoms with Crippen LogP contribution in [0, 0.1) is 26.6 Å². The Labute approximate surface area is 212 Å². The number of halogens is 3. The second-order valence-electron chi connectivity index (χ2n) is 7.99. The second kappa shape index (κ2) is 10.1. The van der Waals surface area contributed by atoms with E-state index in [2.05, 4.69) is 52.0 Å². The summed E-state index contributed by atoms with van der Waals surface area (Å²) in [5.41, 5.74) is 5.30. The second-order valence-corrected chi connectivity index (χ2v) is 9.21. The lowest BCUT2D eigenvalue weighted by Crippen LogP contribution is -2.20. The summed E-state index contributed by atoms with van der Waals surface area (Å²) in [5, 5.41) is 16.2. The van der Waals surface area contributed by atoms with E-state index in [1.807, 2.05) is 18.5 Å². The third-order valence-electron chi connectivity index (χ3n) is 5.40. The number of nitrogens with zero attached hydrogens (tertiary/aromatic N) is 4. The first-order chi connectivity index (χ1) is 16.2. The average molecular weight is 517 g/mol. The van der Waals surface area contributed by atoms with Crippen LogP contribution in [0.25, 0.3) is 0 Å². The largest absolute Gasteiger partial charge is 0.329 e. The number of aromatic nitrogens is 4. The highest BCUT2D eigenvalue weighted by Crippen LogP contribution is 2.25. The van der Waals surface area contributed by atoms with Crippen molar-refractivity contribution in [3.8, 4) is 0 Å². The molecule has 0 fully saturated rings. The summed E-state index contributed by atoms with van der Waals surface area (Å²) >= 11 is 17.9. The third kappa shape index (κ3) is 5.41. The molecule has 10 heteroatoms. The van der Waals surface area contributed by atoms with E-state index in [-0.39, 0.29) is 6.54 Å². The highest BCUT2D eigenvalue weighted by molar-refractivity contribution is 7.80. The zero-order valence-electron chi connectivity index (χ0n) is 18.9. The molecule has 0 bridgehead atoms. The van der Waals surface area contributed by atoms with Crippen LogP contribution in [0.15, 0.2) is 48.7 Å². The Morgan fingerprint density at radius 1 is 0.971 bits per heavy atom. The summed E-state index contributed by atoms with van der Waals surface area (Å²) in [5.74, 6) is -0.0478. The Morgan fingerprint density at radius 2 is 1.71 bits per heavy atom. The minimum absolute atomic E-state index is 0.136. The van der Waals surface area contributed by atoms with Gasteiger partial charge in [0.1, 0.15) is 10.8 Å². The number of rotatable bonds is 6. The lowest BCUT2D eigenvalue weighted by atomic mass is 10.1. The fourth-order valence-electron chi connectivity index (χ4n) is 3.56. The topological polar surface area (TPSA) is 59.7 Å². The molecule has 0 unspecified atom stereocenters. The van der Waals surface area contributed by atoms with Crippen LogP contribution in [0.5, 0.6) is 0 Å². The van der Waals surface area contributed by atoms with Gasteiger partial charge in [0.25, 0.3) is 0 Å². The molecule has 176 valence electrons. The first kappa shape index (κ1) is 24.2. The molecule has 0 aliphatic heterocycles. The molecule has 0 spiro atoms. The fraction of sp³-hybridized carbons (Fsp3) is 0.208. The van der Waals surface area contributed by atoms with Gasteiger partial charge in [-0.05, 0) is 50.7 Å². The van der Waals surface area contributed by atoms with Crippen molar-refractivity contribution in [2.45, 2.75) is 33.9 Å². The molecule has 2 aromatic carbocycles. The van der Waals surface area contributed by atoms with E-state index in [4.69, 9.17) is 35.4 Å². The van der Waals surface area contributed by atoms with E-state index in [0.717, 1.165) is 22.6 Å². The van der Waals surface area contributed by atoms with Crippen molar-refractivity contribution in [2.24, 2.45) is 0 Å². The van der Waals surface area contributed by atoms with E-state index in [9.17, 15) is 4.39 Å². The summed E-state index contributed by atoms with van der Waals surface area (Å²) in [7, 11) is 0. The SMILES string of the molecule is Cc1ccc(Cn2nc(C)c(NC(=S)Nc3nn(Cc4c(F)cccc4Cl)cc3Cl)c2C)cc1. The Bertz CT molecular complexity index is 1330. The van der Waals surface area contributed by atoms with Crippen LogP contribution in [-0.2, 0) is 13.1 Å². The van der Waals surface area contributed by atoms with Crippen molar-refractivity contribution in [3.05, 3.63) is 92.6 Å². The van der Waals surface area contributed by atoms with Crippen LogP contribution in [0.1, 0.15) is 28.1 Å². The molecule has 0 radical (unpaired) electrons. The van der Waals surface area contributed by atoms with Gasteiger partial charge < -0.3 is 10.6 Å². The number of hydrogen-bond donors (Lipinski definition) is 2. The number of anilines is 2. The first-order valence-corrected chi connectivity index (χ1v) is 11.7. The maximum Gasteiger partial charge on any atom is 0.176 e. The summed E-state index contributed by atoms with van der Waals surface area (Å²) in [6.45, 7) is 6.76. The van der Waals surface area contributed by atoms with Gasteiger partial charge >= 0.3 is 0 Å². The number of nitrogens with one attached hydrogen (secondary N) is 2. The van der Waals surface area contributed by atoms with Crippen LogP contribution < -0.4 is 10.6 Å². The molecule has 0 saturated heterocycles. The van der Waals surface area contributed by atoms with Crippen molar-refractivity contribution in [2.75, 3.05) is 10.6 Å².